The molecule has 0 aliphatic rings. The lowest BCUT2D eigenvalue weighted by molar-refractivity contribution is -0.129. The molecule has 4 nitrogen and oxygen atoms in total. The Morgan fingerprint density at radius 2 is 2.00 bits per heavy atom. The standard InChI is InChI=1S/C16H21N3O/c1-13(2)11-18(3)16(20)9-14-10-17-19(12-14)15-7-5-4-6-8-15/h4-8,10,12-13H,9,11H2,1-3H3. The van der Waals surface area contributed by atoms with Crippen LogP contribution in [0.3, 0.4) is 0 Å². The molecule has 4 heteroatoms. The van der Waals surface area contributed by atoms with Gasteiger partial charge in [-0.05, 0) is 23.6 Å². The molecular formula is C16H21N3O. The van der Waals surface area contributed by atoms with Crippen LogP contribution in [0.2, 0.25) is 0 Å². The number of hydrogen-bond donors (Lipinski definition) is 0. The highest BCUT2D eigenvalue weighted by atomic mass is 16.2. The zero-order valence-corrected chi connectivity index (χ0v) is 12.3. The highest BCUT2D eigenvalue weighted by Crippen LogP contribution is 2.09. The molecule has 0 fully saturated rings. The molecule has 0 radical (unpaired) electrons. The Labute approximate surface area is 120 Å². The molecule has 1 aromatic heterocycles. The number of amides is 1. The topological polar surface area (TPSA) is 38.1 Å². The van der Waals surface area contributed by atoms with E-state index in [2.05, 4.69) is 18.9 Å². The summed E-state index contributed by atoms with van der Waals surface area (Å²) in [5, 5.41) is 4.31. The molecule has 0 aliphatic carbocycles. The molecule has 0 atom stereocenters. The van der Waals surface area contributed by atoms with Gasteiger partial charge in [0.2, 0.25) is 5.91 Å². The number of carbonyl (C=O) groups excluding carboxylic acids is 1. The summed E-state index contributed by atoms with van der Waals surface area (Å²) in [5.74, 6) is 0.613. The summed E-state index contributed by atoms with van der Waals surface area (Å²) in [6.07, 6.45) is 4.07. The van der Waals surface area contributed by atoms with E-state index >= 15 is 0 Å². The van der Waals surface area contributed by atoms with E-state index in [1.54, 1.807) is 15.8 Å². The lowest BCUT2D eigenvalue weighted by Crippen LogP contribution is -2.31. The van der Waals surface area contributed by atoms with E-state index in [0.29, 0.717) is 12.3 Å². The third kappa shape index (κ3) is 3.70. The third-order valence-corrected chi connectivity index (χ3v) is 3.08. The van der Waals surface area contributed by atoms with Crippen LogP contribution in [0.1, 0.15) is 19.4 Å². The van der Waals surface area contributed by atoms with Gasteiger partial charge in [0.15, 0.2) is 0 Å². The summed E-state index contributed by atoms with van der Waals surface area (Å²) in [6.45, 7) is 5.00. The van der Waals surface area contributed by atoms with Crippen LogP contribution in [0.25, 0.3) is 5.69 Å². The van der Waals surface area contributed by atoms with Crippen LogP contribution in [0.5, 0.6) is 0 Å². The Balaban J connectivity index is 2.01. The van der Waals surface area contributed by atoms with Crippen molar-refractivity contribution in [1.82, 2.24) is 14.7 Å². The first-order valence-corrected chi connectivity index (χ1v) is 6.89. The van der Waals surface area contributed by atoms with Gasteiger partial charge in [-0.2, -0.15) is 5.10 Å². The van der Waals surface area contributed by atoms with Gasteiger partial charge in [-0.15, -0.1) is 0 Å². The molecule has 0 N–H and O–H groups in total. The fourth-order valence-corrected chi connectivity index (χ4v) is 2.13. The van der Waals surface area contributed by atoms with E-state index in [1.807, 2.05) is 43.6 Å². The first kappa shape index (κ1) is 14.3. The summed E-state index contributed by atoms with van der Waals surface area (Å²) >= 11 is 0. The van der Waals surface area contributed by atoms with E-state index in [0.717, 1.165) is 17.8 Å². The van der Waals surface area contributed by atoms with Crippen molar-refractivity contribution in [1.29, 1.82) is 0 Å². The zero-order valence-electron chi connectivity index (χ0n) is 12.3. The van der Waals surface area contributed by atoms with Crippen molar-refractivity contribution in [3.8, 4) is 5.69 Å². The molecule has 0 unspecified atom stereocenters. The van der Waals surface area contributed by atoms with Gasteiger partial charge >= 0.3 is 0 Å². The van der Waals surface area contributed by atoms with Crippen molar-refractivity contribution in [2.75, 3.05) is 13.6 Å². The number of benzene rings is 1. The number of nitrogens with zero attached hydrogens (tertiary/aromatic N) is 3. The Morgan fingerprint density at radius 1 is 1.30 bits per heavy atom. The van der Waals surface area contributed by atoms with Gasteiger partial charge in [0.1, 0.15) is 0 Å². The van der Waals surface area contributed by atoms with E-state index in [1.165, 1.54) is 0 Å². The van der Waals surface area contributed by atoms with Crippen LogP contribution in [0, 0.1) is 5.92 Å². The minimum Gasteiger partial charge on any atom is -0.345 e. The molecule has 0 saturated heterocycles. The smallest absolute Gasteiger partial charge is 0.226 e. The van der Waals surface area contributed by atoms with Crippen LogP contribution in [-0.2, 0) is 11.2 Å². The molecule has 0 bridgehead atoms. The van der Waals surface area contributed by atoms with Crippen molar-refractivity contribution in [2.24, 2.45) is 5.92 Å². The number of likely N-dealkylation sites (N-methyl/N-ethyl adjacent to an activating group) is 1. The Kier molecular flexibility index (Phi) is 4.56. The number of rotatable bonds is 5. The van der Waals surface area contributed by atoms with Crippen LogP contribution in [0.4, 0.5) is 0 Å². The van der Waals surface area contributed by atoms with Gasteiger partial charge in [-0.3, -0.25) is 4.79 Å². The summed E-state index contributed by atoms with van der Waals surface area (Å²) in [4.78, 5) is 13.9. The maximum atomic E-state index is 12.1. The Hall–Kier alpha value is -2.10. The summed E-state index contributed by atoms with van der Waals surface area (Å²) < 4.78 is 1.80. The fraction of sp³-hybridized carbons (Fsp3) is 0.375. The van der Waals surface area contributed by atoms with Crippen molar-refractivity contribution >= 4 is 5.91 Å². The average Bonchev–Trinajstić information content (AvgIpc) is 2.87. The first-order valence-electron chi connectivity index (χ1n) is 6.89. The van der Waals surface area contributed by atoms with Crippen molar-refractivity contribution in [3.63, 3.8) is 0 Å². The summed E-state index contributed by atoms with van der Waals surface area (Å²) in [7, 11) is 1.85. The average molecular weight is 271 g/mol. The predicted octanol–water partition coefficient (Wildman–Crippen LogP) is 2.53. The van der Waals surface area contributed by atoms with Crippen molar-refractivity contribution in [3.05, 3.63) is 48.3 Å². The molecule has 1 heterocycles. The van der Waals surface area contributed by atoms with Crippen LogP contribution >= 0.6 is 0 Å². The zero-order chi connectivity index (χ0) is 14.5. The van der Waals surface area contributed by atoms with Gasteiger partial charge in [0.25, 0.3) is 0 Å². The minimum absolute atomic E-state index is 0.131. The van der Waals surface area contributed by atoms with Crippen molar-refractivity contribution in [2.45, 2.75) is 20.3 Å². The van der Waals surface area contributed by atoms with Crippen LogP contribution < -0.4 is 0 Å². The second-order valence-corrected chi connectivity index (χ2v) is 5.47. The predicted molar refractivity (Wildman–Crippen MR) is 79.7 cm³/mol. The lowest BCUT2D eigenvalue weighted by Gasteiger charge is -2.18. The van der Waals surface area contributed by atoms with Gasteiger partial charge in [0, 0.05) is 19.8 Å². The van der Waals surface area contributed by atoms with E-state index in [4.69, 9.17) is 0 Å². The van der Waals surface area contributed by atoms with E-state index in [9.17, 15) is 4.79 Å². The summed E-state index contributed by atoms with van der Waals surface area (Å²) in [5.41, 5.74) is 1.94. The first-order chi connectivity index (χ1) is 9.56. The monoisotopic (exact) mass is 271 g/mol. The highest BCUT2D eigenvalue weighted by Gasteiger charge is 2.12. The van der Waals surface area contributed by atoms with Gasteiger partial charge in [-0.1, -0.05) is 32.0 Å². The second kappa shape index (κ2) is 6.37. The SMILES string of the molecule is CC(C)CN(C)C(=O)Cc1cnn(-c2ccccc2)c1. The van der Waals surface area contributed by atoms with Gasteiger partial charge in [-0.25, -0.2) is 4.68 Å². The molecular weight excluding hydrogens is 250 g/mol. The molecule has 2 rings (SSSR count). The largest absolute Gasteiger partial charge is 0.345 e. The molecule has 0 aliphatic heterocycles. The Morgan fingerprint density at radius 3 is 2.65 bits per heavy atom. The summed E-state index contributed by atoms with van der Waals surface area (Å²) in [6, 6.07) is 9.89. The maximum Gasteiger partial charge on any atom is 0.226 e. The Bertz CT molecular complexity index is 560. The van der Waals surface area contributed by atoms with Gasteiger partial charge in [0.05, 0.1) is 18.3 Å². The van der Waals surface area contributed by atoms with E-state index in [-0.39, 0.29) is 5.91 Å². The molecule has 0 spiro atoms. The maximum absolute atomic E-state index is 12.1. The second-order valence-electron chi connectivity index (χ2n) is 5.47. The van der Waals surface area contributed by atoms with Crippen molar-refractivity contribution < 1.29 is 4.79 Å². The fourth-order valence-electron chi connectivity index (χ4n) is 2.13. The lowest BCUT2D eigenvalue weighted by atomic mass is 10.2. The molecule has 0 saturated carbocycles. The third-order valence-electron chi connectivity index (χ3n) is 3.08. The number of aromatic nitrogens is 2. The molecule has 2 aromatic rings. The molecule has 20 heavy (non-hydrogen) atoms. The quantitative estimate of drug-likeness (QED) is 0.838. The minimum atomic E-state index is 0.131. The van der Waals surface area contributed by atoms with Gasteiger partial charge < -0.3 is 4.90 Å². The number of hydrogen-bond acceptors (Lipinski definition) is 2. The van der Waals surface area contributed by atoms with Crippen LogP contribution in [0.15, 0.2) is 42.7 Å². The number of carbonyl (C=O) groups is 1. The molecule has 1 amide bonds. The normalized spacial score (nSPS) is 10.8. The van der Waals surface area contributed by atoms with E-state index < -0.39 is 0 Å². The van der Waals surface area contributed by atoms with Crippen LogP contribution in [-0.4, -0.2) is 34.2 Å². The molecule has 1 aromatic carbocycles. The molecule has 106 valence electrons. The number of para-hydroxylation sites is 1. The highest BCUT2D eigenvalue weighted by molar-refractivity contribution is 5.78.